The minimum atomic E-state index is 0.419. The van der Waals surface area contributed by atoms with Gasteiger partial charge in [0.1, 0.15) is 0 Å². The van der Waals surface area contributed by atoms with E-state index in [9.17, 15) is 0 Å². The van der Waals surface area contributed by atoms with Crippen molar-refractivity contribution in [2.75, 3.05) is 0 Å². The van der Waals surface area contributed by atoms with Crippen LogP contribution >= 0.6 is 0 Å². The van der Waals surface area contributed by atoms with Crippen LogP contribution in [0, 0.1) is 234 Å². The van der Waals surface area contributed by atoms with Gasteiger partial charge in [-0.1, -0.05) is 322 Å². The van der Waals surface area contributed by atoms with E-state index in [2.05, 4.69) is 114 Å². The molecule has 127 heavy (non-hydrogen) atoms. The Kier molecular flexibility index (Phi) is 26.7. The summed E-state index contributed by atoms with van der Waals surface area (Å²) in [6, 6.07) is 5.01. The van der Waals surface area contributed by atoms with Crippen LogP contribution in [0.2, 0.25) is 17.5 Å². The molecular weight excluding hydrogens is 1530 g/mol. The molecule has 30 unspecified atom stereocenters. The molecule has 20 saturated carbocycles. The smallest absolute Gasteiger partial charge is 0.156 e. The zero-order valence-corrected chi connectivity index (χ0v) is 86.8. The van der Waals surface area contributed by atoms with Gasteiger partial charge in [-0.2, -0.15) is 0 Å². The molecule has 0 spiro atoms. The van der Waals surface area contributed by atoms with Crippen LogP contribution in [0.25, 0.3) is 0 Å². The van der Waals surface area contributed by atoms with Gasteiger partial charge in [0.05, 0.1) is 0 Å². The fourth-order valence-electron chi connectivity index (χ4n) is 45.0. The number of hydrogen-bond acceptors (Lipinski definition) is 2. The number of hydrogen-bond donors (Lipinski definition) is 0. The predicted octanol–water partition coefficient (Wildman–Crippen LogP) is 34.9. The second kappa shape index (κ2) is 36.9. The van der Waals surface area contributed by atoms with E-state index in [0.29, 0.717) is 27.1 Å². The van der Waals surface area contributed by atoms with Crippen molar-refractivity contribution in [1.82, 2.24) is 9.80 Å². The van der Waals surface area contributed by atoms with Gasteiger partial charge in [-0.3, -0.25) is 9.80 Å². The maximum atomic E-state index is 4.16. The maximum absolute atomic E-state index is 4.16. The summed E-state index contributed by atoms with van der Waals surface area (Å²) >= 11 is 0. The molecule has 2 saturated heterocycles. The van der Waals surface area contributed by atoms with Crippen LogP contribution in [-0.2, 0) is 0 Å². The van der Waals surface area contributed by atoms with Crippen molar-refractivity contribution in [3.05, 3.63) is 0 Å². The standard InChI is InChI=1S/C124H209BN2/c1-120(2,3)94-54-50-78(51-55-94)91-72-111-117-112(73-91)127(119-103(81-42-30-20-31-43-81)66-90(77-36-24-17-25-37-77)67-104(119)82-44-32-21-33-45-82)110-71-84(100-69-93-63-96(122(7,8)9)59-86-47-49-88-61-98(124(13,14)15)75-106(100)116(88)114(86)93)53-57-108(110)125(117)107-56-52-83(99-68-92-62-95(121(4,5)6)58-85-46-48-87-60-97(123(10,11)12)74-105(99)115(87)113(85)92)70-109(107)126(111)118-101(79-38-26-18-27-39-79)64-89(76-34-22-16-23-35-76)65-102(118)80-40-28-19-29-41-80/h76-119H,16-75H2,1-15H3. The molecule has 22 rings (SSSR count). The fourth-order valence-corrected chi connectivity index (χ4v) is 45.0. The molecule has 0 aromatic rings. The first-order chi connectivity index (χ1) is 61.1. The molecule has 3 heteroatoms. The highest BCUT2D eigenvalue weighted by molar-refractivity contribution is 6.65. The zero-order chi connectivity index (χ0) is 87.1. The lowest BCUT2D eigenvalue weighted by Crippen LogP contribution is -2.77. The number of rotatable bonds is 11. The van der Waals surface area contributed by atoms with E-state index >= 15 is 0 Å². The average molecular weight is 1740 g/mol. The van der Waals surface area contributed by atoms with E-state index in [1.807, 2.05) is 0 Å². The van der Waals surface area contributed by atoms with Crippen molar-refractivity contribution in [3.8, 4) is 0 Å². The highest BCUT2D eigenvalue weighted by atomic mass is 15.3. The van der Waals surface area contributed by atoms with Gasteiger partial charge in [-0.05, 0) is 419 Å². The first kappa shape index (κ1) is 92.0. The number of nitrogens with zero attached hydrogens (tertiary/aromatic N) is 2. The van der Waals surface area contributed by atoms with Crippen molar-refractivity contribution < 1.29 is 0 Å². The van der Waals surface area contributed by atoms with Gasteiger partial charge in [0.2, 0.25) is 0 Å². The average Bonchev–Trinajstić information content (AvgIpc) is 0.679. The van der Waals surface area contributed by atoms with Crippen LogP contribution in [0.5, 0.6) is 0 Å². The quantitative estimate of drug-likeness (QED) is 0.190. The van der Waals surface area contributed by atoms with E-state index in [4.69, 9.17) is 0 Å². The highest BCUT2D eigenvalue weighted by Crippen LogP contribution is 2.75. The summed E-state index contributed by atoms with van der Waals surface area (Å²) in [7, 11) is 0. The molecule has 30 atom stereocenters. The Morgan fingerprint density at radius 1 is 0.165 bits per heavy atom. The molecule has 20 aliphatic carbocycles. The van der Waals surface area contributed by atoms with Crippen LogP contribution < -0.4 is 0 Å². The Morgan fingerprint density at radius 2 is 0.409 bits per heavy atom. The van der Waals surface area contributed by atoms with Gasteiger partial charge < -0.3 is 0 Å². The van der Waals surface area contributed by atoms with E-state index < -0.39 is 0 Å². The normalized spacial score (nSPS) is 49.6. The summed E-state index contributed by atoms with van der Waals surface area (Å²) in [4.78, 5) is 8.32. The minimum absolute atomic E-state index is 0.419. The Hall–Kier alpha value is -0.0151. The van der Waals surface area contributed by atoms with Crippen molar-refractivity contribution in [2.45, 2.75) is 543 Å². The molecule has 0 aromatic carbocycles. The molecule has 0 N–H and O–H groups in total. The predicted molar refractivity (Wildman–Crippen MR) is 540 cm³/mol. The molecule has 2 nitrogen and oxygen atoms in total. The second-order valence-corrected chi connectivity index (χ2v) is 60.8. The van der Waals surface area contributed by atoms with Gasteiger partial charge in [-0.25, -0.2) is 0 Å². The summed E-state index contributed by atoms with van der Waals surface area (Å²) in [6.45, 7) is 42.0. The SMILES string of the molecule is CC(C)(C)C1CCC(C2CC3C4B(C5CCC(C6CC7CC(C(C)(C)C)CC8CCC9CC(C(C)(C)C)CC6C9C87)CC5N3C3C(C5CCCCC5)CC(C5CCCCC5)CC3C3CCCCC3)C3CCC(C5CC6CC(C(C)(C)C)CC7CCC8CC(C(C)(C)C)CC5C8C76)CC3N(C3C(C5CCCCC5)CC(C5CCCCC5)CC3C3CCCCC3)C4C2)CC1. The fraction of sp³-hybridized carbons (Fsp3) is 1.00. The topological polar surface area (TPSA) is 6.48 Å². The Balaban J connectivity index is 0.741. The molecule has 718 valence electrons. The summed E-state index contributed by atoms with van der Waals surface area (Å²) in [5.41, 5.74) is 2.13. The summed E-state index contributed by atoms with van der Waals surface area (Å²) in [5.74, 6) is 37.1. The molecule has 0 aromatic heterocycles. The molecule has 2 aliphatic heterocycles. The van der Waals surface area contributed by atoms with Crippen molar-refractivity contribution >= 4 is 6.71 Å². The lowest BCUT2D eigenvalue weighted by molar-refractivity contribution is -0.165. The Bertz CT molecular complexity index is 3290. The van der Waals surface area contributed by atoms with Gasteiger partial charge >= 0.3 is 0 Å². The van der Waals surface area contributed by atoms with Gasteiger partial charge in [0.25, 0.3) is 0 Å². The summed E-state index contributed by atoms with van der Waals surface area (Å²) < 4.78 is 0. The van der Waals surface area contributed by atoms with Crippen molar-refractivity contribution in [3.63, 3.8) is 0 Å². The summed E-state index contributed by atoms with van der Waals surface area (Å²) in [5, 5.41) is 0. The monoisotopic (exact) mass is 1740 g/mol. The van der Waals surface area contributed by atoms with Crippen LogP contribution in [0.15, 0.2) is 0 Å². The minimum Gasteiger partial charge on any atom is -0.295 e. The first-order valence-corrected chi connectivity index (χ1v) is 60.7. The molecule has 22 aliphatic rings. The lowest BCUT2D eigenvalue weighted by Gasteiger charge is -2.73. The molecule has 0 amide bonds. The van der Waals surface area contributed by atoms with Gasteiger partial charge in [-0.15, -0.1) is 0 Å². The van der Waals surface area contributed by atoms with Crippen molar-refractivity contribution in [1.29, 1.82) is 0 Å². The molecule has 0 radical (unpaired) electrons. The van der Waals surface area contributed by atoms with Crippen molar-refractivity contribution in [2.24, 2.45) is 234 Å². The van der Waals surface area contributed by atoms with E-state index in [-0.39, 0.29) is 0 Å². The highest BCUT2D eigenvalue weighted by Gasteiger charge is 2.72. The molecule has 0 bridgehead atoms. The van der Waals surface area contributed by atoms with Crippen LogP contribution in [-0.4, -0.2) is 52.8 Å². The van der Waals surface area contributed by atoms with E-state index in [1.165, 1.54) is 25.7 Å². The molecule has 2 heterocycles. The second-order valence-electron chi connectivity index (χ2n) is 60.8. The third-order valence-corrected chi connectivity index (χ3v) is 50.8. The zero-order valence-electron chi connectivity index (χ0n) is 86.8. The third-order valence-electron chi connectivity index (χ3n) is 50.8. The lowest BCUT2D eigenvalue weighted by atomic mass is 9.18. The largest absolute Gasteiger partial charge is 0.295 e. The number of fused-ring (bicyclic) bond motifs is 4. The maximum Gasteiger partial charge on any atom is 0.156 e. The molecule has 22 fully saturated rings. The van der Waals surface area contributed by atoms with Crippen LogP contribution in [0.4, 0.5) is 0 Å². The third kappa shape index (κ3) is 17.6. The van der Waals surface area contributed by atoms with E-state index in [1.54, 1.807) is 360 Å². The van der Waals surface area contributed by atoms with Crippen LogP contribution in [0.3, 0.4) is 0 Å². The van der Waals surface area contributed by atoms with E-state index in [0.717, 1.165) is 268 Å². The van der Waals surface area contributed by atoms with Gasteiger partial charge in [0, 0.05) is 36.3 Å². The molecular formula is C124H209BN2. The van der Waals surface area contributed by atoms with Gasteiger partial charge in [0.15, 0.2) is 6.71 Å². The van der Waals surface area contributed by atoms with Crippen LogP contribution in [0.1, 0.15) is 489 Å². The first-order valence-electron chi connectivity index (χ1n) is 60.7. The Morgan fingerprint density at radius 3 is 0.724 bits per heavy atom. The Labute approximate surface area is 788 Å². The summed E-state index contributed by atoms with van der Waals surface area (Å²) in [6.07, 6.45) is 95.7.